The predicted molar refractivity (Wildman–Crippen MR) is 93.9 cm³/mol. The number of amides is 1. The third kappa shape index (κ3) is 3.59. The summed E-state index contributed by atoms with van der Waals surface area (Å²) in [6.45, 7) is 0. The Hall–Kier alpha value is -2.76. The van der Waals surface area contributed by atoms with Crippen LogP contribution >= 0.6 is 11.6 Å². The Morgan fingerprint density at radius 1 is 1.04 bits per heavy atom. The Morgan fingerprint density at radius 2 is 1.83 bits per heavy atom. The van der Waals surface area contributed by atoms with Gasteiger partial charge in [-0.1, -0.05) is 35.9 Å². The molecule has 0 aliphatic carbocycles. The predicted octanol–water partition coefficient (Wildman–Crippen LogP) is 3.43. The second-order valence-corrected chi connectivity index (χ2v) is 5.54. The summed E-state index contributed by atoms with van der Waals surface area (Å²) in [6, 6.07) is 15.5. The van der Waals surface area contributed by atoms with Crippen LogP contribution in [-0.2, 0) is 0 Å². The number of nitrogens with two attached hydrogens (primary N) is 1. The largest absolute Gasteiger partial charge is 0.322 e. The molecule has 24 heavy (non-hydrogen) atoms. The molecule has 120 valence electrons. The summed E-state index contributed by atoms with van der Waals surface area (Å²) in [6.07, 6.45) is 3.19. The molecule has 3 aromatic rings. The molecule has 0 bridgehead atoms. The van der Waals surface area contributed by atoms with E-state index in [0.29, 0.717) is 22.1 Å². The number of para-hydroxylation sites is 1. The number of nitrogens with one attached hydrogen (secondary N) is 1. The SMILES string of the molecule is N[C@@H](c1ccc(Cl)nc1)c1ncccc1C(=O)Nc1ccccc1. The number of halogens is 1. The first-order valence-corrected chi connectivity index (χ1v) is 7.71. The average Bonchev–Trinajstić information content (AvgIpc) is 2.62. The fourth-order valence-corrected chi connectivity index (χ4v) is 2.42. The van der Waals surface area contributed by atoms with Crippen molar-refractivity contribution in [3.8, 4) is 0 Å². The summed E-state index contributed by atoms with van der Waals surface area (Å²) in [4.78, 5) is 20.9. The first kappa shape index (κ1) is 16.1. The van der Waals surface area contributed by atoms with Crippen LogP contribution in [0.2, 0.25) is 5.15 Å². The van der Waals surface area contributed by atoms with Crippen LogP contribution in [0, 0.1) is 0 Å². The number of hydrogen-bond acceptors (Lipinski definition) is 4. The van der Waals surface area contributed by atoms with Crippen LogP contribution < -0.4 is 11.1 Å². The van der Waals surface area contributed by atoms with Gasteiger partial charge in [-0.2, -0.15) is 0 Å². The summed E-state index contributed by atoms with van der Waals surface area (Å²) in [5.74, 6) is -0.262. The van der Waals surface area contributed by atoms with Gasteiger partial charge in [0.05, 0.1) is 17.3 Å². The Labute approximate surface area is 144 Å². The second-order valence-electron chi connectivity index (χ2n) is 5.15. The van der Waals surface area contributed by atoms with E-state index in [1.807, 2.05) is 30.3 Å². The maximum Gasteiger partial charge on any atom is 0.257 e. The highest BCUT2D eigenvalue weighted by atomic mass is 35.5. The molecule has 0 radical (unpaired) electrons. The first-order chi connectivity index (χ1) is 11.6. The Morgan fingerprint density at radius 3 is 2.54 bits per heavy atom. The van der Waals surface area contributed by atoms with Gasteiger partial charge in [-0.15, -0.1) is 0 Å². The van der Waals surface area contributed by atoms with Crippen LogP contribution in [0.25, 0.3) is 0 Å². The molecular formula is C18H15ClN4O. The van der Waals surface area contributed by atoms with Crippen molar-refractivity contribution in [2.24, 2.45) is 5.73 Å². The van der Waals surface area contributed by atoms with E-state index in [1.165, 1.54) is 0 Å². The summed E-state index contributed by atoms with van der Waals surface area (Å²) < 4.78 is 0. The fraction of sp³-hybridized carbons (Fsp3) is 0.0556. The number of aromatic nitrogens is 2. The van der Waals surface area contributed by atoms with Gasteiger partial charge < -0.3 is 11.1 Å². The summed E-state index contributed by atoms with van der Waals surface area (Å²) >= 11 is 5.80. The van der Waals surface area contributed by atoms with Gasteiger partial charge in [0.1, 0.15) is 5.15 Å². The molecule has 0 aliphatic rings. The lowest BCUT2D eigenvalue weighted by Gasteiger charge is -2.15. The molecule has 0 aliphatic heterocycles. The van der Waals surface area contributed by atoms with Gasteiger partial charge in [-0.3, -0.25) is 9.78 Å². The van der Waals surface area contributed by atoms with Crippen molar-refractivity contribution in [3.05, 3.63) is 89.0 Å². The third-order valence-electron chi connectivity index (χ3n) is 3.52. The van der Waals surface area contributed by atoms with Crippen molar-refractivity contribution >= 4 is 23.2 Å². The minimum Gasteiger partial charge on any atom is -0.322 e. The van der Waals surface area contributed by atoms with E-state index in [9.17, 15) is 4.79 Å². The first-order valence-electron chi connectivity index (χ1n) is 7.33. The van der Waals surface area contributed by atoms with Crippen molar-refractivity contribution < 1.29 is 4.79 Å². The number of pyridine rings is 2. The molecule has 0 spiro atoms. The monoisotopic (exact) mass is 338 g/mol. The Balaban J connectivity index is 1.90. The number of carbonyl (C=O) groups is 1. The van der Waals surface area contributed by atoms with Crippen LogP contribution in [0.1, 0.15) is 27.7 Å². The number of rotatable bonds is 4. The van der Waals surface area contributed by atoms with Crippen molar-refractivity contribution in [2.45, 2.75) is 6.04 Å². The molecule has 0 unspecified atom stereocenters. The Bertz CT molecular complexity index is 837. The van der Waals surface area contributed by atoms with E-state index in [2.05, 4.69) is 15.3 Å². The summed E-state index contributed by atoms with van der Waals surface area (Å²) in [5, 5.41) is 3.23. The topological polar surface area (TPSA) is 80.9 Å². The quantitative estimate of drug-likeness (QED) is 0.714. The van der Waals surface area contributed by atoms with Crippen LogP contribution in [0.3, 0.4) is 0 Å². The molecule has 0 saturated carbocycles. The third-order valence-corrected chi connectivity index (χ3v) is 3.74. The molecular weight excluding hydrogens is 324 g/mol. The van der Waals surface area contributed by atoms with E-state index in [-0.39, 0.29) is 5.91 Å². The maximum absolute atomic E-state index is 12.6. The lowest BCUT2D eigenvalue weighted by atomic mass is 10.0. The molecule has 1 atom stereocenters. The van der Waals surface area contributed by atoms with Crippen molar-refractivity contribution in [3.63, 3.8) is 0 Å². The van der Waals surface area contributed by atoms with Gasteiger partial charge in [0, 0.05) is 18.1 Å². The van der Waals surface area contributed by atoms with Crippen LogP contribution in [0.4, 0.5) is 5.69 Å². The van der Waals surface area contributed by atoms with E-state index in [1.54, 1.807) is 36.7 Å². The van der Waals surface area contributed by atoms with Gasteiger partial charge in [0.15, 0.2) is 0 Å². The van der Waals surface area contributed by atoms with Gasteiger partial charge >= 0.3 is 0 Å². The van der Waals surface area contributed by atoms with E-state index < -0.39 is 6.04 Å². The van der Waals surface area contributed by atoms with Crippen LogP contribution in [-0.4, -0.2) is 15.9 Å². The lowest BCUT2D eigenvalue weighted by molar-refractivity contribution is 0.102. The molecule has 2 heterocycles. The molecule has 1 amide bonds. The smallest absolute Gasteiger partial charge is 0.257 e. The lowest BCUT2D eigenvalue weighted by Crippen LogP contribution is -2.21. The normalized spacial score (nSPS) is 11.8. The maximum atomic E-state index is 12.6. The standard InChI is InChI=1S/C18H15ClN4O/c19-15-9-8-12(11-22-15)16(20)17-14(7-4-10-21-17)18(24)23-13-5-2-1-3-6-13/h1-11,16H,20H2,(H,23,24)/t16-/m0/s1. The summed E-state index contributed by atoms with van der Waals surface area (Å²) in [7, 11) is 0. The number of carbonyl (C=O) groups excluding carboxylic acids is 1. The van der Waals surface area contributed by atoms with Gasteiger partial charge in [0.2, 0.25) is 0 Å². The van der Waals surface area contributed by atoms with E-state index >= 15 is 0 Å². The molecule has 3 rings (SSSR count). The minimum atomic E-state index is -0.576. The Kier molecular flexibility index (Phi) is 4.84. The van der Waals surface area contributed by atoms with Crippen molar-refractivity contribution in [1.29, 1.82) is 0 Å². The molecule has 2 aromatic heterocycles. The van der Waals surface area contributed by atoms with Crippen molar-refractivity contribution in [2.75, 3.05) is 5.32 Å². The van der Waals surface area contributed by atoms with Crippen LogP contribution in [0.15, 0.2) is 67.0 Å². The number of hydrogen-bond donors (Lipinski definition) is 2. The van der Waals surface area contributed by atoms with Crippen LogP contribution in [0.5, 0.6) is 0 Å². The molecule has 0 saturated heterocycles. The fourth-order valence-electron chi connectivity index (χ4n) is 2.31. The number of benzene rings is 1. The summed E-state index contributed by atoms with van der Waals surface area (Å²) in [5.41, 5.74) is 8.61. The number of nitrogens with zero attached hydrogens (tertiary/aromatic N) is 2. The van der Waals surface area contributed by atoms with E-state index in [4.69, 9.17) is 17.3 Å². The van der Waals surface area contributed by atoms with Gasteiger partial charge in [0.25, 0.3) is 5.91 Å². The second kappa shape index (κ2) is 7.21. The van der Waals surface area contributed by atoms with E-state index in [0.717, 1.165) is 5.56 Å². The molecule has 0 fully saturated rings. The highest BCUT2D eigenvalue weighted by molar-refractivity contribution is 6.29. The van der Waals surface area contributed by atoms with Gasteiger partial charge in [-0.25, -0.2) is 4.98 Å². The van der Waals surface area contributed by atoms with Gasteiger partial charge in [-0.05, 0) is 35.9 Å². The highest BCUT2D eigenvalue weighted by Crippen LogP contribution is 2.22. The molecule has 6 heteroatoms. The minimum absolute atomic E-state index is 0.262. The highest BCUT2D eigenvalue weighted by Gasteiger charge is 2.19. The molecule has 1 aromatic carbocycles. The zero-order chi connectivity index (χ0) is 16.9. The molecule has 3 N–H and O–H groups in total. The molecule has 5 nitrogen and oxygen atoms in total. The average molecular weight is 339 g/mol. The zero-order valence-corrected chi connectivity index (χ0v) is 13.4. The number of anilines is 1. The zero-order valence-electron chi connectivity index (χ0n) is 12.7. The van der Waals surface area contributed by atoms with Crippen molar-refractivity contribution in [1.82, 2.24) is 9.97 Å².